The molecular weight excluding hydrogens is 662 g/mol. The molecule has 282 valence electrons. The van der Waals surface area contributed by atoms with E-state index in [0.29, 0.717) is 6.42 Å². The minimum Gasteiger partial charge on any atom is -0.444 e. The second-order valence-corrected chi connectivity index (χ2v) is 16.7. The van der Waals surface area contributed by atoms with Gasteiger partial charge in [-0.2, -0.15) is 0 Å². The van der Waals surface area contributed by atoms with Crippen LogP contribution in [0.3, 0.4) is 0 Å². The number of Topliss-reactive ketones (excluding diaryl/α,β-unsaturated/α-hetero) is 1. The average molecular weight is 718 g/mol. The van der Waals surface area contributed by atoms with Crippen molar-refractivity contribution < 1.29 is 33.5 Å². The summed E-state index contributed by atoms with van der Waals surface area (Å²) < 4.78 is 5.60. The Morgan fingerprint density at radius 3 is 1.87 bits per heavy atom. The molecule has 0 aromatic heterocycles. The number of hydrogen-bond acceptors (Lipinski definition) is 7. The molecule has 4 rings (SSSR count). The van der Waals surface area contributed by atoms with Gasteiger partial charge in [0.05, 0.1) is 6.04 Å². The number of carbonyl (C=O) groups excluding carboxylic acids is 6. The van der Waals surface area contributed by atoms with Gasteiger partial charge in [0.1, 0.15) is 23.7 Å². The van der Waals surface area contributed by atoms with Crippen molar-refractivity contribution in [1.82, 2.24) is 20.9 Å². The summed E-state index contributed by atoms with van der Waals surface area (Å²) in [6.07, 6.45) is -0.0743. The van der Waals surface area contributed by atoms with Crippen molar-refractivity contribution in [2.75, 3.05) is 6.54 Å². The van der Waals surface area contributed by atoms with Crippen LogP contribution in [0.2, 0.25) is 0 Å². The van der Waals surface area contributed by atoms with Gasteiger partial charge in [-0.25, -0.2) is 4.79 Å². The monoisotopic (exact) mass is 717 g/mol. The van der Waals surface area contributed by atoms with Gasteiger partial charge in [0.15, 0.2) is 0 Å². The van der Waals surface area contributed by atoms with Crippen LogP contribution in [0.5, 0.6) is 0 Å². The van der Waals surface area contributed by atoms with Crippen molar-refractivity contribution in [3.8, 4) is 0 Å². The predicted octanol–water partition coefficient (Wildman–Crippen LogP) is 4.07. The third kappa shape index (κ3) is 9.00. The second kappa shape index (κ2) is 15.5. The minimum atomic E-state index is -1.21. The summed E-state index contributed by atoms with van der Waals surface area (Å²) in [6.45, 7) is 16.8. The first-order valence-electron chi connectivity index (χ1n) is 18.0. The molecule has 1 saturated heterocycles. The number of alkyl carbamates (subject to hydrolysis) is 1. The Labute approximate surface area is 307 Å². The van der Waals surface area contributed by atoms with Crippen molar-refractivity contribution in [1.29, 1.82) is 0 Å². The molecule has 2 aromatic rings. The zero-order valence-corrected chi connectivity index (χ0v) is 31.8. The lowest BCUT2D eigenvalue weighted by Gasteiger charge is -2.39. The van der Waals surface area contributed by atoms with Crippen LogP contribution in [0.1, 0.15) is 92.2 Å². The summed E-state index contributed by atoms with van der Waals surface area (Å²) in [5.41, 5.74) is 4.88. The quantitative estimate of drug-likeness (QED) is 0.226. The van der Waals surface area contributed by atoms with Crippen molar-refractivity contribution in [3.05, 3.63) is 71.8 Å². The molecule has 1 heterocycles. The maximum Gasteiger partial charge on any atom is 0.408 e. The first-order chi connectivity index (χ1) is 24.2. The molecule has 5 N–H and O–H groups in total. The third-order valence-electron chi connectivity index (χ3n) is 10.2. The number of primary amides is 1. The van der Waals surface area contributed by atoms with Crippen LogP contribution < -0.4 is 21.7 Å². The lowest BCUT2D eigenvalue weighted by molar-refractivity contribution is -0.146. The number of likely N-dealkylation sites (tertiary alicyclic amines) is 1. The maximum atomic E-state index is 14.7. The third-order valence-corrected chi connectivity index (χ3v) is 10.2. The molecule has 1 aliphatic heterocycles. The maximum absolute atomic E-state index is 14.7. The fourth-order valence-electron chi connectivity index (χ4n) is 7.48. The highest BCUT2D eigenvalue weighted by Crippen LogP contribution is 2.65. The highest BCUT2D eigenvalue weighted by Gasteiger charge is 2.70. The number of fused-ring (bicyclic) bond motifs is 1. The Bertz CT molecular complexity index is 1610. The largest absolute Gasteiger partial charge is 0.444 e. The topological polar surface area (TPSA) is 177 Å². The molecule has 1 saturated carbocycles. The van der Waals surface area contributed by atoms with Crippen LogP contribution in [0.25, 0.3) is 0 Å². The zero-order valence-electron chi connectivity index (χ0n) is 31.8. The molecule has 2 aromatic carbocycles. The van der Waals surface area contributed by atoms with E-state index < -0.39 is 76.6 Å². The van der Waals surface area contributed by atoms with E-state index in [1.807, 2.05) is 102 Å². The number of nitrogens with two attached hydrogens (primary N) is 1. The number of carbonyl (C=O) groups is 6. The van der Waals surface area contributed by atoms with Gasteiger partial charge in [-0.05, 0) is 61.0 Å². The molecule has 5 amide bonds. The minimum absolute atomic E-state index is 0.0158. The Morgan fingerprint density at radius 1 is 0.865 bits per heavy atom. The highest BCUT2D eigenvalue weighted by molar-refractivity contribution is 6.37. The Balaban J connectivity index is 1.71. The van der Waals surface area contributed by atoms with Crippen LogP contribution in [-0.4, -0.2) is 76.7 Å². The van der Waals surface area contributed by atoms with E-state index in [1.165, 1.54) is 4.90 Å². The lowest BCUT2D eigenvalue weighted by Crippen LogP contribution is -2.62. The predicted molar refractivity (Wildman–Crippen MR) is 197 cm³/mol. The number of nitrogens with zero attached hydrogens (tertiary/aromatic N) is 1. The number of nitrogens with one attached hydrogen (secondary N) is 3. The number of hydrogen-bond donors (Lipinski definition) is 4. The average Bonchev–Trinajstić information content (AvgIpc) is 3.36. The van der Waals surface area contributed by atoms with E-state index in [2.05, 4.69) is 16.0 Å². The number of amides is 5. The number of rotatable bonds is 13. The first kappa shape index (κ1) is 40.0. The van der Waals surface area contributed by atoms with Gasteiger partial charge in [0.25, 0.3) is 5.91 Å². The fourth-order valence-corrected chi connectivity index (χ4v) is 7.48. The molecule has 0 bridgehead atoms. The summed E-state index contributed by atoms with van der Waals surface area (Å²) in [5.74, 6) is -4.51. The van der Waals surface area contributed by atoms with E-state index in [4.69, 9.17) is 10.5 Å². The van der Waals surface area contributed by atoms with Crippen LogP contribution >= 0.6 is 0 Å². The Hall–Kier alpha value is -4.74. The Kier molecular flexibility index (Phi) is 11.9. The summed E-state index contributed by atoms with van der Waals surface area (Å²) in [5, 5.41) is 8.50. The number of piperidine rings is 1. The molecule has 0 spiro atoms. The van der Waals surface area contributed by atoms with Crippen molar-refractivity contribution in [3.63, 3.8) is 0 Å². The van der Waals surface area contributed by atoms with E-state index in [1.54, 1.807) is 20.8 Å². The molecule has 0 radical (unpaired) electrons. The first-order valence-corrected chi connectivity index (χ1v) is 18.0. The molecule has 2 aliphatic rings. The Morgan fingerprint density at radius 2 is 1.40 bits per heavy atom. The zero-order chi connectivity index (χ0) is 38.8. The smallest absolute Gasteiger partial charge is 0.408 e. The second-order valence-electron chi connectivity index (χ2n) is 16.7. The van der Waals surface area contributed by atoms with E-state index in [0.717, 1.165) is 11.1 Å². The van der Waals surface area contributed by atoms with Gasteiger partial charge >= 0.3 is 6.09 Å². The van der Waals surface area contributed by atoms with Crippen LogP contribution in [-0.2, 0) is 28.7 Å². The molecule has 2 fully saturated rings. The van der Waals surface area contributed by atoms with Gasteiger partial charge in [0, 0.05) is 12.5 Å². The van der Waals surface area contributed by atoms with E-state index >= 15 is 0 Å². The summed E-state index contributed by atoms with van der Waals surface area (Å²) in [4.78, 5) is 82.5. The molecular formula is C40H55N5O7. The van der Waals surface area contributed by atoms with Gasteiger partial charge < -0.3 is 31.3 Å². The summed E-state index contributed by atoms with van der Waals surface area (Å²) >= 11 is 0. The van der Waals surface area contributed by atoms with Gasteiger partial charge in [0.2, 0.25) is 23.5 Å². The molecule has 1 aliphatic carbocycles. The van der Waals surface area contributed by atoms with Gasteiger partial charge in [-0.1, -0.05) is 109 Å². The molecule has 12 nitrogen and oxygen atoms in total. The van der Waals surface area contributed by atoms with E-state index in [9.17, 15) is 28.8 Å². The molecule has 6 atom stereocenters. The van der Waals surface area contributed by atoms with Crippen LogP contribution in [0, 0.1) is 22.7 Å². The fraction of sp³-hybridized carbons (Fsp3) is 0.550. The van der Waals surface area contributed by atoms with E-state index in [-0.39, 0.29) is 30.2 Å². The van der Waals surface area contributed by atoms with Crippen molar-refractivity contribution in [2.24, 2.45) is 28.4 Å². The molecule has 12 heteroatoms. The SMILES string of the molecule is CCCC(NC(=O)[C@@H]1[C@@H]2[C@H](CN1C(=O)[C@@H](NC(=O)C(NC(=O)OC(C)(C)C)C(c1ccccc1)c1ccccc1)C(C)(C)C)C2(C)C)C(=O)C(N)=O. The lowest BCUT2D eigenvalue weighted by atomic mass is 9.82. The van der Waals surface area contributed by atoms with Crippen molar-refractivity contribution >= 4 is 35.5 Å². The summed E-state index contributed by atoms with van der Waals surface area (Å²) in [7, 11) is 0. The number of ether oxygens (including phenoxy) is 1. The molecule has 2 unspecified atom stereocenters. The van der Waals surface area contributed by atoms with Crippen LogP contribution in [0.15, 0.2) is 60.7 Å². The number of benzene rings is 2. The highest BCUT2D eigenvalue weighted by atomic mass is 16.6. The van der Waals surface area contributed by atoms with Crippen LogP contribution in [0.4, 0.5) is 4.79 Å². The van der Waals surface area contributed by atoms with Gasteiger partial charge in [-0.3, -0.25) is 24.0 Å². The van der Waals surface area contributed by atoms with Gasteiger partial charge in [-0.15, -0.1) is 0 Å². The number of ketones is 1. The summed E-state index contributed by atoms with van der Waals surface area (Å²) in [6, 6.07) is 14.2. The normalized spacial score (nSPS) is 20.9. The van der Waals surface area contributed by atoms with Crippen molar-refractivity contribution in [2.45, 2.75) is 111 Å². The standard InChI is InChI=1S/C40H55N5O7/c1-10-17-26(31(46)33(41)47)42-35(49)30-28-25(40(28,8)9)22-45(30)36(50)32(38(2,3)4)44-34(48)29(43-37(51)52-39(5,6)7)27(23-18-13-11-14-19-23)24-20-15-12-16-21-24/h11-16,18-21,25-30,32H,10,17,22H2,1-9H3,(H2,41,47)(H,42,49)(H,43,51)(H,44,48)/t25-,26?,28-,29?,30-,32+/m0/s1. The molecule has 52 heavy (non-hydrogen) atoms.